The van der Waals surface area contributed by atoms with Gasteiger partial charge in [0.2, 0.25) is 0 Å². The fraction of sp³-hybridized carbons (Fsp3) is 0.462. The summed E-state index contributed by atoms with van der Waals surface area (Å²) in [5.41, 5.74) is 0.999. The van der Waals surface area contributed by atoms with Gasteiger partial charge in [0, 0.05) is 38.3 Å². The predicted molar refractivity (Wildman–Crippen MR) is 81.1 cm³/mol. The number of phenols is 1. The van der Waals surface area contributed by atoms with E-state index in [-0.39, 0.29) is 0 Å². The van der Waals surface area contributed by atoms with Crippen molar-refractivity contribution in [2.45, 2.75) is 6.54 Å². The first-order chi connectivity index (χ1) is 8.70. The van der Waals surface area contributed by atoms with Gasteiger partial charge >= 0.3 is 0 Å². The number of phenolic OH excluding ortho intramolecular Hbond substituents is 1. The first-order valence-electron chi connectivity index (χ1n) is 6.03. The lowest BCUT2D eigenvalue weighted by Gasteiger charge is -2.35. The highest BCUT2D eigenvalue weighted by atomic mass is 32.2. The molecule has 1 N–H and O–H groups in total. The van der Waals surface area contributed by atoms with E-state index in [1.807, 2.05) is 24.5 Å². The van der Waals surface area contributed by atoms with E-state index in [9.17, 15) is 5.11 Å². The highest BCUT2D eigenvalue weighted by Gasteiger charge is 2.18. The van der Waals surface area contributed by atoms with Crippen molar-refractivity contribution in [3.05, 3.63) is 29.8 Å². The maximum absolute atomic E-state index is 9.76. The average molecular weight is 282 g/mol. The lowest BCUT2D eigenvalue weighted by atomic mass is 10.2. The molecule has 0 atom stereocenters. The van der Waals surface area contributed by atoms with Crippen LogP contribution in [0, 0.1) is 0 Å². The molecule has 5 heteroatoms. The number of hydrogen-bond acceptors (Lipinski definition) is 4. The third-order valence-corrected chi connectivity index (χ3v) is 4.56. The maximum Gasteiger partial charge on any atom is 0.136 e. The Balaban J connectivity index is 1.87. The third kappa shape index (κ3) is 3.37. The van der Waals surface area contributed by atoms with Crippen LogP contribution in [0.3, 0.4) is 0 Å². The molecule has 0 aromatic heterocycles. The summed E-state index contributed by atoms with van der Waals surface area (Å²) < 4.78 is 0.984. The molecule has 0 aliphatic carbocycles. The van der Waals surface area contributed by atoms with Crippen LogP contribution in [0.1, 0.15) is 5.56 Å². The molecule has 3 nitrogen and oxygen atoms in total. The second-order valence-corrected chi connectivity index (χ2v) is 5.80. The molecular weight excluding hydrogens is 264 g/mol. The monoisotopic (exact) mass is 282 g/mol. The van der Waals surface area contributed by atoms with Crippen LogP contribution in [0.4, 0.5) is 0 Å². The van der Waals surface area contributed by atoms with Gasteiger partial charge in [-0.1, -0.05) is 30.4 Å². The predicted octanol–water partition coefficient (Wildman–Crippen LogP) is 2.16. The SMILES string of the molecule is CSC(=S)N1CCN(Cc2ccccc2O)CC1. The largest absolute Gasteiger partial charge is 0.508 e. The second-order valence-electron chi connectivity index (χ2n) is 4.36. The zero-order valence-corrected chi connectivity index (χ0v) is 12.1. The van der Waals surface area contributed by atoms with Crippen molar-refractivity contribution >= 4 is 28.3 Å². The third-order valence-electron chi connectivity index (χ3n) is 3.19. The highest BCUT2D eigenvalue weighted by molar-refractivity contribution is 8.22. The van der Waals surface area contributed by atoms with E-state index < -0.39 is 0 Å². The van der Waals surface area contributed by atoms with E-state index in [1.54, 1.807) is 17.8 Å². The van der Waals surface area contributed by atoms with Crippen molar-refractivity contribution in [2.24, 2.45) is 0 Å². The number of rotatable bonds is 2. The van der Waals surface area contributed by atoms with Gasteiger partial charge in [0.1, 0.15) is 10.1 Å². The zero-order valence-electron chi connectivity index (χ0n) is 10.5. The Morgan fingerprint density at radius 2 is 1.94 bits per heavy atom. The first-order valence-corrected chi connectivity index (χ1v) is 7.66. The van der Waals surface area contributed by atoms with E-state index >= 15 is 0 Å². The maximum atomic E-state index is 9.76. The Kier molecular flexibility index (Phi) is 4.86. The summed E-state index contributed by atoms with van der Waals surface area (Å²) in [4.78, 5) is 4.61. The van der Waals surface area contributed by atoms with E-state index in [1.165, 1.54) is 0 Å². The Morgan fingerprint density at radius 1 is 1.28 bits per heavy atom. The number of nitrogens with zero attached hydrogens (tertiary/aromatic N) is 2. The fourth-order valence-corrected chi connectivity index (χ4v) is 2.73. The molecule has 1 saturated heterocycles. The fourth-order valence-electron chi connectivity index (χ4n) is 2.10. The Morgan fingerprint density at radius 3 is 2.56 bits per heavy atom. The molecular formula is C13H18N2OS2. The topological polar surface area (TPSA) is 26.7 Å². The Bertz CT molecular complexity index is 417. The van der Waals surface area contributed by atoms with Crippen molar-refractivity contribution in [3.8, 4) is 5.75 Å². The molecule has 0 unspecified atom stereocenters. The van der Waals surface area contributed by atoms with Crippen LogP contribution in [0.25, 0.3) is 0 Å². The molecule has 1 aliphatic rings. The molecule has 0 amide bonds. The lowest BCUT2D eigenvalue weighted by molar-refractivity contribution is 0.177. The van der Waals surface area contributed by atoms with Crippen molar-refractivity contribution in [1.29, 1.82) is 0 Å². The van der Waals surface area contributed by atoms with Crippen molar-refractivity contribution < 1.29 is 5.11 Å². The summed E-state index contributed by atoms with van der Waals surface area (Å²) in [6.07, 6.45) is 2.02. The van der Waals surface area contributed by atoms with E-state index in [0.717, 1.165) is 42.6 Å². The van der Waals surface area contributed by atoms with Crippen LogP contribution in [0.5, 0.6) is 5.75 Å². The number of piperazine rings is 1. The van der Waals surface area contributed by atoms with Gasteiger partial charge in [-0.15, -0.1) is 11.8 Å². The normalized spacial score (nSPS) is 16.8. The lowest BCUT2D eigenvalue weighted by Crippen LogP contribution is -2.47. The van der Waals surface area contributed by atoms with Gasteiger partial charge in [0.25, 0.3) is 0 Å². The molecule has 18 heavy (non-hydrogen) atoms. The van der Waals surface area contributed by atoms with Crippen molar-refractivity contribution in [2.75, 3.05) is 32.4 Å². The van der Waals surface area contributed by atoms with Gasteiger partial charge in [0.15, 0.2) is 0 Å². The van der Waals surface area contributed by atoms with Gasteiger partial charge in [-0.25, -0.2) is 0 Å². The molecule has 0 bridgehead atoms. The van der Waals surface area contributed by atoms with Crippen LogP contribution in [0.15, 0.2) is 24.3 Å². The molecule has 1 heterocycles. The second kappa shape index (κ2) is 6.41. The van der Waals surface area contributed by atoms with Crippen LogP contribution in [-0.2, 0) is 6.54 Å². The molecule has 98 valence electrons. The minimum absolute atomic E-state index is 0.388. The molecule has 0 radical (unpaired) electrons. The van der Waals surface area contributed by atoms with E-state index in [4.69, 9.17) is 12.2 Å². The van der Waals surface area contributed by atoms with Crippen LogP contribution >= 0.6 is 24.0 Å². The highest BCUT2D eigenvalue weighted by Crippen LogP contribution is 2.19. The number of thiocarbonyl (C=S) groups is 1. The summed E-state index contributed by atoms with van der Waals surface area (Å²) in [6, 6.07) is 7.55. The van der Waals surface area contributed by atoms with Gasteiger partial charge in [-0.2, -0.15) is 0 Å². The summed E-state index contributed by atoms with van der Waals surface area (Å²) in [7, 11) is 0. The van der Waals surface area contributed by atoms with Gasteiger partial charge in [-0.05, 0) is 12.3 Å². The summed E-state index contributed by atoms with van der Waals surface area (Å²) in [6.45, 7) is 4.76. The molecule has 2 rings (SSSR count). The van der Waals surface area contributed by atoms with Crippen molar-refractivity contribution in [1.82, 2.24) is 9.80 Å². The Labute approximate surface area is 118 Å². The summed E-state index contributed by atoms with van der Waals surface area (Å²) in [5.74, 6) is 0.388. The smallest absolute Gasteiger partial charge is 0.136 e. The number of thioether (sulfide) groups is 1. The average Bonchev–Trinajstić information content (AvgIpc) is 2.41. The van der Waals surface area contributed by atoms with Gasteiger partial charge in [-0.3, -0.25) is 4.90 Å². The van der Waals surface area contributed by atoms with E-state index in [0.29, 0.717) is 5.75 Å². The molecule has 1 aliphatic heterocycles. The molecule has 0 saturated carbocycles. The van der Waals surface area contributed by atoms with Crippen LogP contribution < -0.4 is 0 Å². The van der Waals surface area contributed by atoms with Gasteiger partial charge < -0.3 is 10.0 Å². The Hall–Kier alpha value is -0.780. The van der Waals surface area contributed by atoms with Crippen molar-refractivity contribution in [3.63, 3.8) is 0 Å². The number of benzene rings is 1. The minimum atomic E-state index is 0.388. The standard InChI is InChI=1S/C13H18N2OS2/c1-18-13(17)15-8-6-14(7-9-15)10-11-4-2-3-5-12(11)16/h2-5,16H,6-10H2,1H3. The molecule has 1 fully saturated rings. The molecule has 1 aromatic rings. The molecule has 1 aromatic carbocycles. The quantitative estimate of drug-likeness (QED) is 0.839. The first kappa shape index (κ1) is 13.6. The number of aromatic hydroxyl groups is 1. The number of hydrogen-bond donors (Lipinski definition) is 1. The summed E-state index contributed by atoms with van der Waals surface area (Å²) >= 11 is 6.93. The molecule has 0 spiro atoms. The van der Waals surface area contributed by atoms with Crippen LogP contribution in [-0.4, -0.2) is 51.7 Å². The summed E-state index contributed by atoms with van der Waals surface area (Å²) in [5, 5.41) is 9.76. The van der Waals surface area contributed by atoms with E-state index in [2.05, 4.69) is 9.80 Å². The minimum Gasteiger partial charge on any atom is -0.508 e. The van der Waals surface area contributed by atoms with Crippen LogP contribution in [0.2, 0.25) is 0 Å². The zero-order chi connectivity index (χ0) is 13.0. The van der Waals surface area contributed by atoms with Gasteiger partial charge in [0.05, 0.1) is 0 Å². The number of para-hydroxylation sites is 1.